The lowest BCUT2D eigenvalue weighted by Crippen LogP contribution is -2.21. The van der Waals surface area contributed by atoms with Crippen LogP contribution in [0.25, 0.3) is 11.2 Å². The molecule has 0 aliphatic heterocycles. The minimum Gasteiger partial charge on any atom is -0.310 e. The first kappa shape index (κ1) is 14.8. The van der Waals surface area contributed by atoms with Gasteiger partial charge in [-0.25, -0.2) is 9.97 Å². The predicted molar refractivity (Wildman–Crippen MR) is 88.0 cm³/mol. The number of imidazole rings is 1. The fourth-order valence-corrected chi connectivity index (χ4v) is 3.81. The summed E-state index contributed by atoms with van der Waals surface area (Å²) in [5.74, 6) is 2.45. The minimum absolute atomic E-state index is 0.462. The lowest BCUT2D eigenvalue weighted by molar-refractivity contribution is 0.263. The van der Waals surface area contributed by atoms with Gasteiger partial charge in [-0.3, -0.25) is 0 Å². The normalized spacial score (nSPS) is 18.2. The van der Waals surface area contributed by atoms with Crippen LogP contribution in [0.5, 0.6) is 0 Å². The number of rotatable bonds is 4. The fourth-order valence-electron chi connectivity index (χ4n) is 3.65. The smallest absolute Gasteiger partial charge is 0.160 e. The number of hydrogen-bond acceptors (Lipinski definition) is 2. The first-order valence-corrected chi connectivity index (χ1v) is 8.63. The summed E-state index contributed by atoms with van der Waals surface area (Å²) in [6, 6.07) is 2.59. The van der Waals surface area contributed by atoms with Crippen LogP contribution in [0.1, 0.15) is 56.5 Å². The van der Waals surface area contributed by atoms with Gasteiger partial charge in [0.15, 0.2) is 5.65 Å². The number of aromatic nitrogens is 3. The van der Waals surface area contributed by atoms with E-state index in [0.717, 1.165) is 34.9 Å². The second-order valence-corrected chi connectivity index (χ2v) is 6.71. The number of fused-ring (bicyclic) bond motifs is 1. The van der Waals surface area contributed by atoms with Crippen molar-refractivity contribution in [1.29, 1.82) is 0 Å². The van der Waals surface area contributed by atoms with Gasteiger partial charge in [-0.2, -0.15) is 0 Å². The quantitative estimate of drug-likeness (QED) is 0.769. The van der Waals surface area contributed by atoms with Gasteiger partial charge in [-0.05, 0) is 44.2 Å². The van der Waals surface area contributed by atoms with Crippen molar-refractivity contribution in [3.63, 3.8) is 0 Å². The largest absolute Gasteiger partial charge is 0.310 e. The van der Waals surface area contributed by atoms with E-state index in [0.29, 0.717) is 11.9 Å². The highest BCUT2D eigenvalue weighted by Crippen LogP contribution is 2.35. The molecule has 1 fully saturated rings. The van der Waals surface area contributed by atoms with Crippen molar-refractivity contribution in [3.8, 4) is 0 Å². The molecule has 1 aliphatic rings. The van der Waals surface area contributed by atoms with E-state index < -0.39 is 0 Å². The molecule has 1 saturated carbocycles. The average molecular weight is 306 g/mol. The van der Waals surface area contributed by atoms with E-state index in [1.807, 2.05) is 6.20 Å². The molecule has 4 heteroatoms. The Hall–Kier alpha value is -1.09. The molecular formula is C17H24ClN3. The molecule has 1 aliphatic carbocycles. The Kier molecular flexibility index (Phi) is 4.48. The minimum atomic E-state index is 0.462. The van der Waals surface area contributed by atoms with E-state index >= 15 is 0 Å². The third-order valence-corrected chi connectivity index (χ3v) is 4.99. The molecule has 3 nitrogen and oxygen atoms in total. The molecule has 0 amide bonds. The van der Waals surface area contributed by atoms with Crippen molar-refractivity contribution in [2.24, 2.45) is 5.92 Å². The lowest BCUT2D eigenvalue weighted by Gasteiger charge is -2.29. The van der Waals surface area contributed by atoms with Crippen LogP contribution >= 0.6 is 11.6 Å². The first-order valence-electron chi connectivity index (χ1n) is 8.10. The summed E-state index contributed by atoms with van der Waals surface area (Å²) in [6.07, 6.45) is 9.52. The molecule has 0 N–H and O–H groups in total. The van der Waals surface area contributed by atoms with Crippen LogP contribution in [-0.2, 0) is 6.42 Å². The lowest BCUT2D eigenvalue weighted by atomic mass is 9.84. The van der Waals surface area contributed by atoms with E-state index in [9.17, 15) is 0 Å². The van der Waals surface area contributed by atoms with E-state index in [1.54, 1.807) is 0 Å². The Bertz CT molecular complexity index is 614. The van der Waals surface area contributed by atoms with Crippen LogP contribution in [0.3, 0.4) is 0 Å². The maximum atomic E-state index is 5.98. The van der Waals surface area contributed by atoms with Crippen LogP contribution in [0.4, 0.5) is 0 Å². The molecule has 2 heterocycles. The number of halogens is 1. The molecule has 0 aromatic carbocycles. The average Bonchev–Trinajstić information content (AvgIpc) is 2.85. The van der Waals surface area contributed by atoms with Crippen molar-refractivity contribution < 1.29 is 0 Å². The van der Waals surface area contributed by atoms with E-state index in [4.69, 9.17) is 16.6 Å². The maximum Gasteiger partial charge on any atom is 0.160 e. The Morgan fingerprint density at radius 2 is 2.10 bits per heavy atom. The fraction of sp³-hybridized carbons (Fsp3) is 0.647. The van der Waals surface area contributed by atoms with Gasteiger partial charge < -0.3 is 4.57 Å². The molecule has 0 spiro atoms. The van der Waals surface area contributed by atoms with Crippen LogP contribution in [-0.4, -0.2) is 20.4 Å². The molecule has 1 atom stereocenters. The zero-order valence-electron chi connectivity index (χ0n) is 13.0. The Morgan fingerprint density at radius 1 is 1.33 bits per heavy atom. The number of aryl methyl sites for hydroxylation is 2. The van der Waals surface area contributed by atoms with Gasteiger partial charge in [0.2, 0.25) is 0 Å². The SMILES string of the molecule is Cc1cnc2c(c1)nc(CCCl)n2C(C)C1CCCCC1. The zero-order chi connectivity index (χ0) is 14.8. The van der Waals surface area contributed by atoms with Gasteiger partial charge in [-0.1, -0.05) is 19.3 Å². The summed E-state index contributed by atoms with van der Waals surface area (Å²) < 4.78 is 2.35. The third-order valence-electron chi connectivity index (χ3n) is 4.80. The van der Waals surface area contributed by atoms with Crippen molar-refractivity contribution in [1.82, 2.24) is 14.5 Å². The summed E-state index contributed by atoms with van der Waals surface area (Å²) in [7, 11) is 0. The maximum absolute atomic E-state index is 5.98. The number of nitrogens with zero attached hydrogens (tertiary/aromatic N) is 3. The van der Waals surface area contributed by atoms with Gasteiger partial charge in [0.1, 0.15) is 11.3 Å². The zero-order valence-corrected chi connectivity index (χ0v) is 13.7. The Balaban J connectivity index is 2.03. The van der Waals surface area contributed by atoms with Crippen LogP contribution in [0, 0.1) is 12.8 Å². The molecule has 3 rings (SSSR count). The summed E-state index contributed by atoms with van der Waals surface area (Å²) in [6.45, 7) is 4.40. The van der Waals surface area contributed by atoms with Gasteiger partial charge in [0.05, 0.1) is 0 Å². The van der Waals surface area contributed by atoms with E-state index in [-0.39, 0.29) is 0 Å². The highest BCUT2D eigenvalue weighted by Gasteiger charge is 2.25. The van der Waals surface area contributed by atoms with Gasteiger partial charge >= 0.3 is 0 Å². The van der Waals surface area contributed by atoms with Gasteiger partial charge in [-0.15, -0.1) is 11.6 Å². The monoisotopic (exact) mass is 305 g/mol. The van der Waals surface area contributed by atoms with Crippen molar-refractivity contribution in [2.45, 2.75) is 58.4 Å². The molecular weight excluding hydrogens is 282 g/mol. The summed E-state index contributed by atoms with van der Waals surface area (Å²) in [5, 5.41) is 0. The molecule has 21 heavy (non-hydrogen) atoms. The molecule has 0 bridgehead atoms. The predicted octanol–water partition coefficient (Wildman–Crippen LogP) is 4.66. The number of alkyl halides is 1. The summed E-state index contributed by atoms with van der Waals surface area (Å²) in [4.78, 5) is 9.45. The third kappa shape index (κ3) is 2.94. The van der Waals surface area contributed by atoms with E-state index in [1.165, 1.54) is 32.1 Å². The van der Waals surface area contributed by atoms with Crippen molar-refractivity contribution in [3.05, 3.63) is 23.7 Å². The van der Waals surface area contributed by atoms with Crippen molar-refractivity contribution in [2.75, 3.05) is 5.88 Å². The second kappa shape index (κ2) is 6.35. The Labute approximate surface area is 131 Å². The summed E-state index contributed by atoms with van der Waals surface area (Å²) >= 11 is 5.98. The molecule has 0 radical (unpaired) electrons. The number of hydrogen-bond donors (Lipinski definition) is 0. The van der Waals surface area contributed by atoms with Crippen LogP contribution in [0.15, 0.2) is 12.3 Å². The molecule has 0 saturated heterocycles. The highest BCUT2D eigenvalue weighted by atomic mass is 35.5. The van der Waals surface area contributed by atoms with Crippen molar-refractivity contribution >= 4 is 22.8 Å². The van der Waals surface area contributed by atoms with Crippen LogP contribution in [0.2, 0.25) is 0 Å². The first-order chi connectivity index (χ1) is 10.2. The van der Waals surface area contributed by atoms with Gasteiger partial charge in [0.25, 0.3) is 0 Å². The topological polar surface area (TPSA) is 30.7 Å². The molecule has 2 aromatic heterocycles. The van der Waals surface area contributed by atoms with Crippen LogP contribution < -0.4 is 0 Å². The molecule has 2 aromatic rings. The second-order valence-electron chi connectivity index (χ2n) is 6.33. The molecule has 114 valence electrons. The Morgan fingerprint density at radius 3 is 2.81 bits per heavy atom. The van der Waals surface area contributed by atoms with Gasteiger partial charge in [0, 0.05) is 24.5 Å². The van der Waals surface area contributed by atoms with E-state index in [2.05, 4.69) is 29.5 Å². The highest BCUT2D eigenvalue weighted by molar-refractivity contribution is 6.17. The number of pyridine rings is 1. The summed E-state index contributed by atoms with van der Waals surface area (Å²) in [5.41, 5.74) is 3.20. The molecule has 1 unspecified atom stereocenters. The standard InChI is InChI=1S/C17H24ClN3/c1-12-10-15-17(19-11-12)21(16(20-15)8-9-18)13(2)14-6-4-3-5-7-14/h10-11,13-14H,3-9H2,1-2H3.